The molecule has 0 aliphatic heterocycles. The van der Waals surface area contributed by atoms with Crippen molar-refractivity contribution < 1.29 is 0 Å². The summed E-state index contributed by atoms with van der Waals surface area (Å²) in [7, 11) is 2.21. The lowest BCUT2D eigenvalue weighted by molar-refractivity contribution is 0.666. The second-order valence-electron chi connectivity index (χ2n) is 6.48. The lowest BCUT2D eigenvalue weighted by Gasteiger charge is -2.23. The van der Waals surface area contributed by atoms with E-state index in [4.69, 9.17) is 4.98 Å². The van der Waals surface area contributed by atoms with Gasteiger partial charge < -0.3 is 10.2 Å². The molecule has 1 unspecified atom stereocenters. The zero-order valence-corrected chi connectivity index (χ0v) is 15.0. The van der Waals surface area contributed by atoms with Gasteiger partial charge in [-0.05, 0) is 51.0 Å². The van der Waals surface area contributed by atoms with Crippen LogP contribution in [0.1, 0.15) is 55.5 Å². The fraction of sp³-hybridized carbons (Fsp3) is 0.812. The Morgan fingerprint density at radius 3 is 2.76 bits per heavy atom. The van der Waals surface area contributed by atoms with Crippen molar-refractivity contribution in [2.45, 2.75) is 63.6 Å². The zero-order valence-electron chi connectivity index (χ0n) is 13.4. The van der Waals surface area contributed by atoms with Crippen LogP contribution in [0.2, 0.25) is 0 Å². The van der Waals surface area contributed by atoms with Crippen molar-refractivity contribution in [1.29, 1.82) is 0 Å². The fourth-order valence-corrected chi connectivity index (χ4v) is 4.24. The SMILES string of the molecule is CSCCC(C)N(C)c1nc(C2CC2)c(CNC2CC2)s1. The largest absolute Gasteiger partial charge is 0.348 e. The summed E-state index contributed by atoms with van der Waals surface area (Å²) in [6.45, 7) is 3.34. The van der Waals surface area contributed by atoms with E-state index in [1.807, 2.05) is 23.1 Å². The molecule has 3 nitrogen and oxygen atoms in total. The number of aromatic nitrogens is 1. The third kappa shape index (κ3) is 4.14. The molecular weight excluding hydrogens is 298 g/mol. The molecule has 0 saturated heterocycles. The molecule has 1 atom stereocenters. The quantitative estimate of drug-likeness (QED) is 0.746. The van der Waals surface area contributed by atoms with E-state index in [2.05, 4.69) is 30.4 Å². The fourth-order valence-electron chi connectivity index (χ4n) is 2.50. The first-order chi connectivity index (χ1) is 10.2. The summed E-state index contributed by atoms with van der Waals surface area (Å²) < 4.78 is 0. The van der Waals surface area contributed by atoms with E-state index in [0.717, 1.165) is 18.5 Å². The van der Waals surface area contributed by atoms with Gasteiger partial charge in [-0.15, -0.1) is 11.3 Å². The monoisotopic (exact) mass is 325 g/mol. The van der Waals surface area contributed by atoms with Gasteiger partial charge in [0, 0.05) is 36.5 Å². The molecule has 1 aromatic rings. The van der Waals surface area contributed by atoms with Gasteiger partial charge in [0.2, 0.25) is 0 Å². The molecule has 2 aliphatic carbocycles. The summed E-state index contributed by atoms with van der Waals surface area (Å²) in [6.07, 6.45) is 8.80. The molecule has 0 amide bonds. The molecule has 2 saturated carbocycles. The average Bonchev–Trinajstić information content (AvgIpc) is 3.41. The molecule has 2 aliphatic rings. The second kappa shape index (κ2) is 6.88. The lowest BCUT2D eigenvalue weighted by Crippen LogP contribution is -2.29. The van der Waals surface area contributed by atoms with Gasteiger partial charge in [0.1, 0.15) is 0 Å². The molecule has 3 rings (SSSR count). The van der Waals surface area contributed by atoms with Crippen LogP contribution in [0.15, 0.2) is 0 Å². The van der Waals surface area contributed by atoms with Crippen LogP contribution in [0.4, 0.5) is 5.13 Å². The molecule has 0 radical (unpaired) electrons. The van der Waals surface area contributed by atoms with Crippen LogP contribution in [0.25, 0.3) is 0 Å². The molecule has 1 N–H and O–H groups in total. The van der Waals surface area contributed by atoms with Crippen LogP contribution in [0.3, 0.4) is 0 Å². The van der Waals surface area contributed by atoms with Crippen LogP contribution >= 0.6 is 23.1 Å². The molecule has 1 aromatic heterocycles. The van der Waals surface area contributed by atoms with Crippen LogP contribution < -0.4 is 10.2 Å². The summed E-state index contributed by atoms with van der Waals surface area (Å²) in [5.41, 5.74) is 1.40. The van der Waals surface area contributed by atoms with Gasteiger partial charge in [-0.3, -0.25) is 0 Å². The van der Waals surface area contributed by atoms with Gasteiger partial charge in [-0.25, -0.2) is 4.98 Å². The highest BCUT2D eigenvalue weighted by Crippen LogP contribution is 2.44. The number of thiazole rings is 1. The maximum Gasteiger partial charge on any atom is 0.185 e. The molecule has 0 aromatic carbocycles. The Kier molecular flexibility index (Phi) is 5.12. The Hall–Kier alpha value is -0.260. The van der Waals surface area contributed by atoms with Crippen molar-refractivity contribution in [3.63, 3.8) is 0 Å². The predicted octanol–water partition coefficient (Wildman–Crippen LogP) is 3.85. The van der Waals surface area contributed by atoms with Crippen molar-refractivity contribution in [2.24, 2.45) is 0 Å². The van der Waals surface area contributed by atoms with Crippen LogP contribution in [-0.2, 0) is 6.54 Å². The van der Waals surface area contributed by atoms with Gasteiger partial charge in [-0.1, -0.05) is 0 Å². The Morgan fingerprint density at radius 1 is 1.38 bits per heavy atom. The van der Waals surface area contributed by atoms with E-state index in [1.54, 1.807) is 0 Å². The normalized spacial score (nSPS) is 19.8. The van der Waals surface area contributed by atoms with Gasteiger partial charge in [0.15, 0.2) is 5.13 Å². The van der Waals surface area contributed by atoms with Gasteiger partial charge in [0.05, 0.1) is 5.69 Å². The van der Waals surface area contributed by atoms with Crippen molar-refractivity contribution in [1.82, 2.24) is 10.3 Å². The van der Waals surface area contributed by atoms with Crippen LogP contribution in [0.5, 0.6) is 0 Å². The molecule has 0 bridgehead atoms. The summed E-state index contributed by atoms with van der Waals surface area (Å²) >= 11 is 3.84. The van der Waals surface area contributed by atoms with Crippen molar-refractivity contribution in [3.8, 4) is 0 Å². The third-order valence-corrected chi connectivity index (χ3v) is 6.32. The lowest BCUT2D eigenvalue weighted by atomic mass is 10.2. The topological polar surface area (TPSA) is 28.2 Å². The molecule has 0 spiro atoms. The van der Waals surface area contributed by atoms with Crippen LogP contribution in [-0.4, -0.2) is 36.1 Å². The Balaban J connectivity index is 1.67. The summed E-state index contributed by atoms with van der Waals surface area (Å²) in [6, 6.07) is 1.35. The maximum atomic E-state index is 5.00. The molecule has 118 valence electrons. The third-order valence-electron chi connectivity index (χ3n) is 4.51. The van der Waals surface area contributed by atoms with Gasteiger partial charge >= 0.3 is 0 Å². The van der Waals surface area contributed by atoms with Crippen molar-refractivity contribution in [2.75, 3.05) is 24.0 Å². The van der Waals surface area contributed by atoms with E-state index in [0.29, 0.717) is 6.04 Å². The number of hydrogen-bond donors (Lipinski definition) is 1. The number of anilines is 1. The first-order valence-electron chi connectivity index (χ1n) is 8.13. The number of thioether (sulfide) groups is 1. The van der Waals surface area contributed by atoms with Crippen molar-refractivity contribution >= 4 is 28.2 Å². The number of rotatable bonds is 9. The van der Waals surface area contributed by atoms with E-state index < -0.39 is 0 Å². The molecule has 5 heteroatoms. The molecule has 21 heavy (non-hydrogen) atoms. The number of hydrogen-bond acceptors (Lipinski definition) is 5. The molecule has 1 heterocycles. The highest BCUT2D eigenvalue weighted by atomic mass is 32.2. The second-order valence-corrected chi connectivity index (χ2v) is 8.52. The van der Waals surface area contributed by atoms with E-state index >= 15 is 0 Å². The smallest absolute Gasteiger partial charge is 0.185 e. The number of nitrogens with one attached hydrogen (secondary N) is 1. The summed E-state index contributed by atoms with van der Waals surface area (Å²) in [5, 5.41) is 4.88. The highest BCUT2D eigenvalue weighted by Gasteiger charge is 2.31. The minimum atomic E-state index is 0.569. The van der Waals surface area contributed by atoms with Crippen LogP contribution in [0, 0.1) is 0 Å². The Labute approximate surface area is 136 Å². The van der Waals surface area contributed by atoms with E-state index in [-0.39, 0.29) is 0 Å². The number of nitrogens with zero attached hydrogens (tertiary/aromatic N) is 2. The highest BCUT2D eigenvalue weighted by molar-refractivity contribution is 7.98. The van der Waals surface area contributed by atoms with Gasteiger partial charge in [-0.2, -0.15) is 11.8 Å². The Bertz CT molecular complexity index is 466. The molecular formula is C16H27N3S2. The standard InChI is InChI=1S/C16H27N3S2/c1-11(8-9-20-3)19(2)16-18-15(12-4-5-12)14(21-16)10-17-13-6-7-13/h11-13,17H,4-10H2,1-3H3. The zero-order chi connectivity index (χ0) is 14.8. The first kappa shape index (κ1) is 15.6. The minimum Gasteiger partial charge on any atom is -0.348 e. The summed E-state index contributed by atoms with van der Waals surface area (Å²) in [4.78, 5) is 8.87. The maximum absolute atomic E-state index is 5.00. The van der Waals surface area contributed by atoms with E-state index in [1.165, 1.54) is 53.6 Å². The van der Waals surface area contributed by atoms with E-state index in [9.17, 15) is 0 Å². The molecule has 2 fully saturated rings. The summed E-state index contributed by atoms with van der Waals surface area (Å²) in [5.74, 6) is 1.98. The predicted molar refractivity (Wildman–Crippen MR) is 94.8 cm³/mol. The average molecular weight is 326 g/mol. The van der Waals surface area contributed by atoms with Crippen molar-refractivity contribution in [3.05, 3.63) is 10.6 Å². The Morgan fingerprint density at radius 2 is 2.14 bits per heavy atom. The first-order valence-corrected chi connectivity index (χ1v) is 10.3. The van der Waals surface area contributed by atoms with Gasteiger partial charge in [0.25, 0.3) is 0 Å². The minimum absolute atomic E-state index is 0.569.